The molecule has 0 saturated heterocycles. The molecule has 7 heteroatoms. The second-order valence-corrected chi connectivity index (χ2v) is 7.95. The summed E-state index contributed by atoms with van der Waals surface area (Å²) in [7, 11) is 0. The summed E-state index contributed by atoms with van der Waals surface area (Å²) in [6.07, 6.45) is 0.507. The summed E-state index contributed by atoms with van der Waals surface area (Å²) in [4.78, 5) is 23.8. The molecule has 162 valence electrons. The van der Waals surface area contributed by atoms with Gasteiger partial charge in [0, 0.05) is 29.2 Å². The number of carboxylic acid groups (broad SMARTS) is 1. The highest BCUT2D eigenvalue weighted by atomic mass is 35.5. The Kier molecular flexibility index (Phi) is 6.25. The molecule has 32 heavy (non-hydrogen) atoms. The summed E-state index contributed by atoms with van der Waals surface area (Å²) in [5.74, 6) is -1.06. The van der Waals surface area contributed by atoms with Crippen molar-refractivity contribution in [2.45, 2.75) is 19.4 Å². The third-order valence-corrected chi connectivity index (χ3v) is 5.54. The van der Waals surface area contributed by atoms with Crippen molar-refractivity contribution in [3.05, 3.63) is 94.0 Å². The lowest BCUT2D eigenvalue weighted by atomic mass is 9.98. The number of aliphatic carboxylic acids is 1. The van der Waals surface area contributed by atoms with Crippen LogP contribution in [0.3, 0.4) is 0 Å². The maximum absolute atomic E-state index is 13.0. The summed E-state index contributed by atoms with van der Waals surface area (Å²) < 4.78 is 0. The van der Waals surface area contributed by atoms with E-state index >= 15 is 0 Å². The third-order valence-electron chi connectivity index (χ3n) is 5.31. The van der Waals surface area contributed by atoms with Gasteiger partial charge in [-0.25, -0.2) is 0 Å². The van der Waals surface area contributed by atoms with Crippen LogP contribution in [0.5, 0.6) is 0 Å². The number of carbonyl (C=O) groups excluding carboxylic acids is 1. The molecule has 1 aliphatic heterocycles. The maximum Gasteiger partial charge on any atom is 0.303 e. The van der Waals surface area contributed by atoms with Crippen LogP contribution < -0.4 is 16.4 Å². The zero-order valence-electron chi connectivity index (χ0n) is 17.2. The van der Waals surface area contributed by atoms with E-state index in [1.165, 1.54) is 0 Å². The van der Waals surface area contributed by atoms with Crippen LogP contribution in [0.1, 0.15) is 28.7 Å². The Labute approximate surface area is 190 Å². The first-order valence-corrected chi connectivity index (χ1v) is 10.5. The largest absolute Gasteiger partial charge is 0.481 e. The van der Waals surface area contributed by atoms with Crippen LogP contribution in [-0.2, 0) is 22.6 Å². The van der Waals surface area contributed by atoms with E-state index in [1.807, 2.05) is 54.6 Å². The fourth-order valence-electron chi connectivity index (χ4n) is 3.63. The van der Waals surface area contributed by atoms with E-state index in [0.717, 1.165) is 27.9 Å². The van der Waals surface area contributed by atoms with E-state index in [1.54, 1.807) is 12.1 Å². The molecule has 0 aromatic heterocycles. The molecule has 6 nitrogen and oxygen atoms in total. The molecule has 5 N–H and O–H groups in total. The number of carbonyl (C=O) groups is 2. The molecule has 0 fully saturated rings. The van der Waals surface area contributed by atoms with Crippen molar-refractivity contribution in [2.75, 3.05) is 10.6 Å². The topological polar surface area (TPSA) is 104 Å². The number of halogens is 1. The van der Waals surface area contributed by atoms with Gasteiger partial charge >= 0.3 is 5.97 Å². The molecule has 0 bridgehead atoms. The molecule has 0 unspecified atom stereocenters. The first-order chi connectivity index (χ1) is 15.4. The SMILES string of the molecule is NCc1ccc(N/C(=C2\C(=O)Nc3cc(Cl)ccc32)c2ccc(CCC(=O)O)cc2)cc1. The molecule has 4 rings (SSSR count). The van der Waals surface area contributed by atoms with Crippen LogP contribution in [0.4, 0.5) is 11.4 Å². The van der Waals surface area contributed by atoms with E-state index in [4.69, 9.17) is 22.4 Å². The Morgan fingerprint density at radius 3 is 2.34 bits per heavy atom. The van der Waals surface area contributed by atoms with Crippen molar-refractivity contribution in [1.82, 2.24) is 0 Å². The van der Waals surface area contributed by atoms with Gasteiger partial charge in [-0.2, -0.15) is 0 Å². The number of carboxylic acids is 1. The van der Waals surface area contributed by atoms with Crippen LogP contribution in [0.25, 0.3) is 11.3 Å². The zero-order valence-corrected chi connectivity index (χ0v) is 17.9. The van der Waals surface area contributed by atoms with Crippen molar-refractivity contribution in [3.8, 4) is 0 Å². The third kappa shape index (κ3) is 4.66. The molecule has 0 saturated carbocycles. The average Bonchev–Trinajstić information content (AvgIpc) is 3.11. The molecule has 0 atom stereocenters. The highest BCUT2D eigenvalue weighted by Crippen LogP contribution is 2.38. The van der Waals surface area contributed by atoms with Crippen LogP contribution >= 0.6 is 11.6 Å². The van der Waals surface area contributed by atoms with Gasteiger partial charge in [0.25, 0.3) is 5.91 Å². The van der Waals surface area contributed by atoms with Crippen molar-refractivity contribution >= 4 is 46.1 Å². The van der Waals surface area contributed by atoms with Crippen LogP contribution in [0, 0.1) is 0 Å². The average molecular weight is 448 g/mol. The molecule has 3 aromatic rings. The molecule has 0 radical (unpaired) electrons. The highest BCUT2D eigenvalue weighted by Gasteiger charge is 2.28. The normalized spacial score (nSPS) is 14.0. The molecular formula is C25H22ClN3O3. The molecule has 1 amide bonds. The minimum Gasteiger partial charge on any atom is -0.481 e. The Morgan fingerprint density at radius 2 is 1.69 bits per heavy atom. The highest BCUT2D eigenvalue weighted by molar-refractivity contribution is 6.38. The van der Waals surface area contributed by atoms with Gasteiger partial charge in [-0.05, 0) is 47.4 Å². The van der Waals surface area contributed by atoms with E-state index in [-0.39, 0.29) is 12.3 Å². The molecule has 0 spiro atoms. The number of fused-ring (bicyclic) bond motifs is 1. The summed E-state index contributed by atoms with van der Waals surface area (Å²) in [6.45, 7) is 0.447. The molecule has 1 heterocycles. The van der Waals surface area contributed by atoms with Gasteiger partial charge in [-0.1, -0.05) is 54.1 Å². The number of nitrogens with two attached hydrogens (primary N) is 1. The second-order valence-electron chi connectivity index (χ2n) is 7.51. The lowest BCUT2D eigenvalue weighted by molar-refractivity contribution is -0.137. The van der Waals surface area contributed by atoms with Gasteiger partial charge in [-0.3, -0.25) is 9.59 Å². The fraction of sp³-hybridized carbons (Fsp3) is 0.120. The second kappa shape index (κ2) is 9.26. The Bertz CT molecular complexity index is 1200. The predicted octanol–water partition coefficient (Wildman–Crippen LogP) is 4.75. The number of anilines is 2. The lowest BCUT2D eigenvalue weighted by Crippen LogP contribution is -2.10. The van der Waals surface area contributed by atoms with Gasteiger partial charge in [0.05, 0.1) is 17.0 Å². The molecular weight excluding hydrogens is 426 g/mol. The molecule has 0 aliphatic carbocycles. The molecule has 1 aliphatic rings. The minimum absolute atomic E-state index is 0.0651. The number of aryl methyl sites for hydroxylation is 1. The monoisotopic (exact) mass is 447 g/mol. The number of rotatable bonds is 7. The van der Waals surface area contributed by atoms with Crippen molar-refractivity contribution in [1.29, 1.82) is 0 Å². The van der Waals surface area contributed by atoms with Crippen molar-refractivity contribution in [2.24, 2.45) is 5.73 Å². The fourth-order valence-corrected chi connectivity index (χ4v) is 3.80. The number of benzene rings is 3. The first kappa shape index (κ1) is 21.6. The number of nitrogens with one attached hydrogen (secondary N) is 2. The summed E-state index contributed by atoms with van der Waals surface area (Å²) in [5.41, 5.74) is 11.8. The Balaban J connectivity index is 1.78. The predicted molar refractivity (Wildman–Crippen MR) is 127 cm³/mol. The number of hydrogen-bond acceptors (Lipinski definition) is 4. The standard InChI is InChI=1S/C25H22ClN3O3/c26-18-8-11-20-21(13-18)29-25(32)23(20)24(28-19-9-3-16(14-27)4-10-19)17-6-1-15(2-7-17)5-12-22(30)31/h1-4,6-11,13,28H,5,12,14,27H2,(H,29,32)(H,30,31)/b24-23-. The van der Waals surface area contributed by atoms with E-state index in [0.29, 0.717) is 34.9 Å². The quantitative estimate of drug-likeness (QED) is 0.391. The van der Waals surface area contributed by atoms with E-state index in [9.17, 15) is 9.59 Å². The minimum atomic E-state index is -0.836. The van der Waals surface area contributed by atoms with Crippen LogP contribution in [-0.4, -0.2) is 17.0 Å². The number of amides is 1. The summed E-state index contributed by atoms with van der Waals surface area (Å²) >= 11 is 6.11. The van der Waals surface area contributed by atoms with Gasteiger partial charge in [0.2, 0.25) is 0 Å². The van der Waals surface area contributed by atoms with E-state index in [2.05, 4.69) is 10.6 Å². The Morgan fingerprint density at radius 1 is 1.00 bits per heavy atom. The van der Waals surface area contributed by atoms with Crippen molar-refractivity contribution in [3.63, 3.8) is 0 Å². The van der Waals surface area contributed by atoms with Crippen LogP contribution in [0.2, 0.25) is 5.02 Å². The smallest absolute Gasteiger partial charge is 0.303 e. The van der Waals surface area contributed by atoms with Gasteiger partial charge < -0.3 is 21.5 Å². The summed E-state index contributed by atoms with van der Waals surface area (Å²) in [5, 5.41) is 15.7. The van der Waals surface area contributed by atoms with Gasteiger partial charge in [0.1, 0.15) is 0 Å². The molecule has 3 aromatic carbocycles. The first-order valence-electron chi connectivity index (χ1n) is 10.2. The maximum atomic E-state index is 13.0. The van der Waals surface area contributed by atoms with Crippen molar-refractivity contribution < 1.29 is 14.7 Å². The van der Waals surface area contributed by atoms with Crippen LogP contribution in [0.15, 0.2) is 66.7 Å². The zero-order chi connectivity index (χ0) is 22.7. The van der Waals surface area contributed by atoms with E-state index < -0.39 is 5.97 Å². The van der Waals surface area contributed by atoms with Gasteiger partial charge in [-0.15, -0.1) is 0 Å². The summed E-state index contributed by atoms with van der Waals surface area (Å²) in [6, 6.07) is 20.5. The number of hydrogen-bond donors (Lipinski definition) is 4. The lowest BCUT2D eigenvalue weighted by Gasteiger charge is -2.15. The van der Waals surface area contributed by atoms with Gasteiger partial charge in [0.15, 0.2) is 0 Å². The Hall–Kier alpha value is -3.61.